The van der Waals surface area contributed by atoms with Gasteiger partial charge in [0.05, 0.1) is 6.04 Å². The zero-order valence-electron chi connectivity index (χ0n) is 20.4. The number of amides is 1. The van der Waals surface area contributed by atoms with Gasteiger partial charge in [-0.2, -0.15) is 0 Å². The first-order chi connectivity index (χ1) is 17.2. The average Bonchev–Trinajstić information content (AvgIpc) is 3.34. The molecule has 1 amide bonds. The highest BCUT2D eigenvalue weighted by Crippen LogP contribution is 2.25. The van der Waals surface area contributed by atoms with Crippen molar-refractivity contribution in [3.8, 4) is 22.4 Å². The van der Waals surface area contributed by atoms with Gasteiger partial charge in [-0.25, -0.2) is 0 Å². The van der Waals surface area contributed by atoms with E-state index in [4.69, 9.17) is 9.63 Å². The molecule has 0 saturated carbocycles. The molecule has 0 aliphatic carbocycles. The van der Waals surface area contributed by atoms with E-state index in [9.17, 15) is 19.2 Å². The molecule has 0 fully saturated rings. The van der Waals surface area contributed by atoms with Crippen molar-refractivity contribution in [2.24, 2.45) is 5.92 Å². The fraction of sp³-hybridized carbons (Fsp3) is 0.321. The van der Waals surface area contributed by atoms with Crippen molar-refractivity contribution in [1.29, 1.82) is 0 Å². The minimum absolute atomic E-state index is 0.0318. The maximum atomic E-state index is 12.6. The molecule has 8 nitrogen and oxygen atoms in total. The highest BCUT2D eigenvalue weighted by atomic mass is 16.5. The SMILES string of the molecule is CC(=O)[C@H](C)CC(=O)[C@H](CCC(=O)O)NC(=O)CCc1cc(-c2ccc(-c3ccccc3)cc2)no1. The van der Waals surface area contributed by atoms with Gasteiger partial charge in [0.2, 0.25) is 5.91 Å². The number of benzene rings is 2. The Morgan fingerprint density at radius 2 is 1.58 bits per heavy atom. The maximum Gasteiger partial charge on any atom is 0.303 e. The molecule has 0 aliphatic rings. The summed E-state index contributed by atoms with van der Waals surface area (Å²) in [5.41, 5.74) is 3.74. The number of nitrogens with one attached hydrogen (secondary N) is 1. The molecular formula is C28H30N2O6. The molecule has 8 heteroatoms. The number of ketones is 2. The van der Waals surface area contributed by atoms with E-state index < -0.39 is 23.8 Å². The van der Waals surface area contributed by atoms with Gasteiger partial charge >= 0.3 is 5.97 Å². The second kappa shape index (κ2) is 12.6. The molecule has 1 aromatic heterocycles. The first-order valence-corrected chi connectivity index (χ1v) is 11.9. The molecule has 188 valence electrons. The maximum absolute atomic E-state index is 12.6. The Morgan fingerprint density at radius 3 is 2.22 bits per heavy atom. The standard InChI is InChI=1S/C28H30N2O6/c1-18(19(2)31)16-26(32)24(13-15-28(34)35)29-27(33)14-12-23-17-25(30-36-23)22-10-8-21(9-11-22)20-6-4-3-5-7-20/h3-11,17-18,24H,12-16H2,1-2H3,(H,29,33)(H,34,35)/t18-,24+/m1/s1. The number of carbonyl (C=O) groups is 4. The van der Waals surface area contributed by atoms with E-state index in [1.807, 2.05) is 54.6 Å². The number of aromatic nitrogens is 1. The second-order valence-corrected chi connectivity index (χ2v) is 8.86. The molecule has 2 aromatic carbocycles. The molecule has 0 saturated heterocycles. The van der Waals surface area contributed by atoms with Crippen molar-refractivity contribution in [3.63, 3.8) is 0 Å². The van der Waals surface area contributed by atoms with Crippen molar-refractivity contribution in [2.45, 2.75) is 52.0 Å². The average molecular weight is 491 g/mol. The van der Waals surface area contributed by atoms with Gasteiger partial charge in [0.25, 0.3) is 0 Å². The fourth-order valence-electron chi connectivity index (χ4n) is 3.70. The lowest BCUT2D eigenvalue weighted by atomic mass is 9.95. The van der Waals surface area contributed by atoms with Crippen LogP contribution in [0.2, 0.25) is 0 Å². The van der Waals surface area contributed by atoms with Crippen LogP contribution >= 0.6 is 0 Å². The molecule has 0 radical (unpaired) electrons. The number of hydrogen-bond donors (Lipinski definition) is 2. The number of rotatable bonds is 13. The van der Waals surface area contributed by atoms with Gasteiger partial charge in [-0.05, 0) is 24.5 Å². The van der Waals surface area contributed by atoms with E-state index >= 15 is 0 Å². The van der Waals surface area contributed by atoms with Gasteiger partial charge in [-0.15, -0.1) is 0 Å². The number of hydrogen-bond acceptors (Lipinski definition) is 6. The van der Waals surface area contributed by atoms with Crippen LogP contribution in [0.25, 0.3) is 22.4 Å². The van der Waals surface area contributed by atoms with E-state index in [2.05, 4.69) is 10.5 Å². The molecule has 3 rings (SSSR count). The topological polar surface area (TPSA) is 127 Å². The second-order valence-electron chi connectivity index (χ2n) is 8.86. The van der Waals surface area contributed by atoms with E-state index in [1.165, 1.54) is 6.92 Å². The third-order valence-electron chi connectivity index (χ3n) is 6.02. The molecule has 0 unspecified atom stereocenters. The van der Waals surface area contributed by atoms with E-state index in [0.717, 1.165) is 16.7 Å². The number of carboxylic acids is 1. The van der Waals surface area contributed by atoms with Crippen molar-refractivity contribution in [3.05, 3.63) is 66.4 Å². The summed E-state index contributed by atoms with van der Waals surface area (Å²) in [6, 6.07) is 18.8. The van der Waals surface area contributed by atoms with Gasteiger partial charge in [0, 0.05) is 43.2 Å². The minimum atomic E-state index is -1.06. The quantitative estimate of drug-likeness (QED) is 0.362. The molecule has 1 heterocycles. The lowest BCUT2D eigenvalue weighted by molar-refractivity contribution is -0.138. The molecule has 0 aliphatic heterocycles. The number of carbonyl (C=O) groups excluding carboxylic acids is 3. The Balaban J connectivity index is 1.57. The fourth-order valence-corrected chi connectivity index (χ4v) is 3.70. The zero-order chi connectivity index (χ0) is 26.1. The van der Waals surface area contributed by atoms with Crippen LogP contribution in [0, 0.1) is 5.92 Å². The van der Waals surface area contributed by atoms with Crippen LogP contribution in [0.5, 0.6) is 0 Å². The lowest BCUT2D eigenvalue weighted by Crippen LogP contribution is -2.42. The third kappa shape index (κ3) is 7.73. The van der Waals surface area contributed by atoms with Crippen LogP contribution in [-0.2, 0) is 25.6 Å². The van der Waals surface area contributed by atoms with Crippen LogP contribution in [0.4, 0.5) is 0 Å². The van der Waals surface area contributed by atoms with Crippen LogP contribution < -0.4 is 5.32 Å². The Labute approximate surface area is 209 Å². The highest BCUT2D eigenvalue weighted by Gasteiger charge is 2.24. The summed E-state index contributed by atoms with van der Waals surface area (Å²) >= 11 is 0. The highest BCUT2D eigenvalue weighted by molar-refractivity contribution is 5.92. The normalized spacial score (nSPS) is 12.5. The van der Waals surface area contributed by atoms with Gasteiger partial charge in [-0.3, -0.25) is 19.2 Å². The monoisotopic (exact) mass is 490 g/mol. The van der Waals surface area contributed by atoms with Gasteiger partial charge < -0.3 is 14.9 Å². The van der Waals surface area contributed by atoms with Gasteiger partial charge in [0.15, 0.2) is 5.78 Å². The lowest BCUT2D eigenvalue weighted by Gasteiger charge is -2.18. The number of aliphatic carboxylic acids is 1. The number of aryl methyl sites for hydroxylation is 1. The van der Waals surface area contributed by atoms with Gasteiger partial charge in [0.1, 0.15) is 17.2 Å². The molecular weight excluding hydrogens is 460 g/mol. The first kappa shape index (κ1) is 26.5. The van der Waals surface area contributed by atoms with Crippen LogP contribution in [0.15, 0.2) is 65.2 Å². The summed E-state index contributed by atoms with van der Waals surface area (Å²) in [5.74, 6) is -1.93. The number of nitrogens with zero attached hydrogens (tertiary/aromatic N) is 1. The molecule has 0 spiro atoms. The van der Waals surface area contributed by atoms with Crippen molar-refractivity contribution in [1.82, 2.24) is 10.5 Å². The Hall–Kier alpha value is -4.07. The smallest absolute Gasteiger partial charge is 0.303 e. The van der Waals surface area contributed by atoms with Crippen molar-refractivity contribution < 1.29 is 28.8 Å². The number of carboxylic acid groups (broad SMARTS) is 1. The van der Waals surface area contributed by atoms with E-state index in [-0.39, 0.29) is 43.7 Å². The van der Waals surface area contributed by atoms with E-state index in [1.54, 1.807) is 13.0 Å². The summed E-state index contributed by atoms with van der Waals surface area (Å²) < 4.78 is 5.38. The molecule has 0 bridgehead atoms. The molecule has 2 N–H and O–H groups in total. The molecule has 36 heavy (non-hydrogen) atoms. The van der Waals surface area contributed by atoms with Crippen LogP contribution in [0.1, 0.15) is 45.3 Å². The van der Waals surface area contributed by atoms with Crippen LogP contribution in [-0.4, -0.2) is 39.7 Å². The predicted molar refractivity (Wildman–Crippen MR) is 134 cm³/mol. The summed E-state index contributed by atoms with van der Waals surface area (Å²) in [4.78, 5) is 47.5. The summed E-state index contributed by atoms with van der Waals surface area (Å²) in [6.07, 6.45) is -0.0324. The summed E-state index contributed by atoms with van der Waals surface area (Å²) in [5, 5.41) is 15.7. The van der Waals surface area contributed by atoms with Crippen molar-refractivity contribution >= 4 is 23.4 Å². The third-order valence-corrected chi connectivity index (χ3v) is 6.02. The van der Waals surface area contributed by atoms with E-state index in [0.29, 0.717) is 11.5 Å². The summed E-state index contributed by atoms with van der Waals surface area (Å²) in [6.45, 7) is 3.03. The molecule has 3 aromatic rings. The Kier molecular flexibility index (Phi) is 9.27. The predicted octanol–water partition coefficient (Wildman–Crippen LogP) is 4.48. The Bertz CT molecular complexity index is 1200. The number of Topliss-reactive ketones (excluding diaryl/α,β-unsaturated/α-hetero) is 2. The minimum Gasteiger partial charge on any atom is -0.481 e. The largest absolute Gasteiger partial charge is 0.481 e. The first-order valence-electron chi connectivity index (χ1n) is 11.9. The summed E-state index contributed by atoms with van der Waals surface area (Å²) in [7, 11) is 0. The Morgan fingerprint density at radius 1 is 0.944 bits per heavy atom. The zero-order valence-corrected chi connectivity index (χ0v) is 20.4. The van der Waals surface area contributed by atoms with Crippen molar-refractivity contribution in [2.75, 3.05) is 0 Å². The van der Waals surface area contributed by atoms with Crippen LogP contribution in [0.3, 0.4) is 0 Å². The van der Waals surface area contributed by atoms with Gasteiger partial charge in [-0.1, -0.05) is 66.7 Å². The molecule has 2 atom stereocenters.